The Kier molecular flexibility index (Phi) is 3.63. The van der Waals surface area contributed by atoms with Gasteiger partial charge in [0.1, 0.15) is 14.9 Å². The maximum atomic E-state index is 5.98. The molecule has 0 aromatic carbocycles. The number of nitrogens with zero attached hydrogens (tertiary/aromatic N) is 4. The van der Waals surface area contributed by atoms with Gasteiger partial charge in [0.2, 0.25) is 5.28 Å². The van der Waals surface area contributed by atoms with E-state index in [0.717, 1.165) is 26.7 Å². The highest BCUT2D eigenvalue weighted by Crippen LogP contribution is 2.35. The molecule has 96 valence electrons. The molecule has 0 bridgehead atoms. The monoisotopic (exact) mass is 308 g/mol. The van der Waals surface area contributed by atoms with E-state index in [2.05, 4.69) is 32.9 Å². The van der Waals surface area contributed by atoms with Crippen molar-refractivity contribution in [3.63, 3.8) is 0 Å². The molecule has 0 radical (unpaired) electrons. The van der Waals surface area contributed by atoms with Crippen LogP contribution in [0.4, 0.5) is 0 Å². The molecule has 3 aromatic heterocycles. The van der Waals surface area contributed by atoms with Crippen molar-refractivity contribution in [1.82, 2.24) is 19.9 Å². The lowest BCUT2D eigenvalue weighted by atomic mass is 10.3. The molecular formula is C12H9ClN4S2. The second kappa shape index (κ2) is 5.40. The Morgan fingerprint density at radius 1 is 1.32 bits per heavy atom. The summed E-state index contributed by atoms with van der Waals surface area (Å²) in [5.74, 6) is 0. The summed E-state index contributed by atoms with van der Waals surface area (Å²) in [5, 5.41) is 2.92. The lowest BCUT2D eigenvalue weighted by molar-refractivity contribution is 1.04. The minimum absolute atomic E-state index is 0.267. The van der Waals surface area contributed by atoms with E-state index in [1.807, 2.05) is 0 Å². The van der Waals surface area contributed by atoms with Gasteiger partial charge >= 0.3 is 0 Å². The molecule has 19 heavy (non-hydrogen) atoms. The fourth-order valence-electron chi connectivity index (χ4n) is 1.61. The van der Waals surface area contributed by atoms with E-state index in [-0.39, 0.29) is 5.28 Å². The van der Waals surface area contributed by atoms with Crippen molar-refractivity contribution in [2.75, 3.05) is 0 Å². The van der Waals surface area contributed by atoms with Crippen LogP contribution in [0.5, 0.6) is 0 Å². The second-order valence-corrected chi connectivity index (χ2v) is 6.19. The van der Waals surface area contributed by atoms with Crippen LogP contribution < -0.4 is 0 Å². The third-order valence-electron chi connectivity index (χ3n) is 2.47. The van der Waals surface area contributed by atoms with E-state index in [4.69, 9.17) is 11.6 Å². The Morgan fingerprint density at radius 2 is 2.21 bits per heavy atom. The van der Waals surface area contributed by atoms with Gasteiger partial charge in [0.25, 0.3) is 0 Å². The van der Waals surface area contributed by atoms with Crippen molar-refractivity contribution in [3.8, 4) is 0 Å². The summed E-state index contributed by atoms with van der Waals surface area (Å²) >= 11 is 9.08. The van der Waals surface area contributed by atoms with Gasteiger partial charge < -0.3 is 0 Å². The Labute approximate surface area is 123 Å². The fourth-order valence-corrected chi connectivity index (χ4v) is 3.73. The number of aromatic nitrogens is 4. The zero-order valence-corrected chi connectivity index (χ0v) is 12.4. The molecule has 0 aliphatic rings. The van der Waals surface area contributed by atoms with E-state index >= 15 is 0 Å². The van der Waals surface area contributed by atoms with Gasteiger partial charge in [-0.3, -0.25) is 4.98 Å². The van der Waals surface area contributed by atoms with Crippen LogP contribution in [0.25, 0.3) is 10.2 Å². The number of fused-ring (bicyclic) bond motifs is 1. The van der Waals surface area contributed by atoms with Gasteiger partial charge in [0.05, 0.1) is 6.20 Å². The van der Waals surface area contributed by atoms with E-state index in [1.54, 1.807) is 29.9 Å². The lowest BCUT2D eigenvalue weighted by Crippen LogP contribution is -1.87. The third-order valence-corrected chi connectivity index (χ3v) is 4.74. The van der Waals surface area contributed by atoms with Gasteiger partial charge in [0, 0.05) is 22.7 Å². The summed E-state index contributed by atoms with van der Waals surface area (Å²) in [5.41, 5.74) is 0. The van der Waals surface area contributed by atoms with Crippen LogP contribution >= 0.6 is 34.7 Å². The zero-order chi connectivity index (χ0) is 13.2. The number of hydrogen-bond donors (Lipinski definition) is 0. The first-order chi connectivity index (χ1) is 9.26. The zero-order valence-electron chi connectivity index (χ0n) is 10.00. The largest absolute Gasteiger partial charge is 0.260 e. The molecule has 0 spiro atoms. The Bertz CT molecular complexity index is 714. The molecule has 3 rings (SSSR count). The van der Waals surface area contributed by atoms with Gasteiger partial charge in [0.15, 0.2) is 0 Å². The maximum absolute atomic E-state index is 5.98. The fraction of sp³-hybridized carbons (Fsp3) is 0.167. The molecule has 0 saturated carbocycles. The van der Waals surface area contributed by atoms with E-state index in [0.29, 0.717) is 0 Å². The lowest BCUT2D eigenvalue weighted by Gasteiger charge is -2.01. The molecule has 0 amide bonds. The van der Waals surface area contributed by atoms with Crippen molar-refractivity contribution in [3.05, 3.63) is 34.8 Å². The summed E-state index contributed by atoms with van der Waals surface area (Å²) in [4.78, 5) is 19.0. The van der Waals surface area contributed by atoms with Crippen LogP contribution in [0, 0.1) is 0 Å². The van der Waals surface area contributed by atoms with Crippen LogP contribution in [-0.4, -0.2) is 19.9 Å². The van der Waals surface area contributed by atoms with Gasteiger partial charge in [-0.05, 0) is 35.9 Å². The SMILES string of the molecule is CCc1cc2c(Sc3cnccn3)nc(Cl)nc2s1. The number of rotatable bonds is 3. The predicted molar refractivity (Wildman–Crippen MR) is 78.0 cm³/mol. The minimum Gasteiger partial charge on any atom is -0.260 e. The third kappa shape index (κ3) is 2.70. The molecule has 0 aliphatic carbocycles. The first-order valence-corrected chi connectivity index (χ1v) is 7.67. The van der Waals surface area contributed by atoms with Crippen molar-refractivity contribution >= 4 is 44.9 Å². The standard InChI is InChI=1S/C12H9ClN4S2/c1-2-7-5-8-10(18-7)16-12(13)17-11(8)19-9-6-14-3-4-15-9/h3-6H,2H2,1H3. The van der Waals surface area contributed by atoms with Crippen LogP contribution in [0.1, 0.15) is 11.8 Å². The van der Waals surface area contributed by atoms with Crippen LogP contribution in [-0.2, 0) is 6.42 Å². The van der Waals surface area contributed by atoms with Crippen molar-refractivity contribution in [2.45, 2.75) is 23.4 Å². The number of thiophene rings is 1. The molecule has 3 aromatic rings. The van der Waals surface area contributed by atoms with Gasteiger partial charge in [-0.25, -0.2) is 15.0 Å². The van der Waals surface area contributed by atoms with Crippen molar-refractivity contribution in [1.29, 1.82) is 0 Å². The second-order valence-electron chi connectivity index (χ2n) is 3.73. The van der Waals surface area contributed by atoms with Crippen molar-refractivity contribution in [2.24, 2.45) is 0 Å². The molecule has 0 N–H and O–H groups in total. The summed E-state index contributed by atoms with van der Waals surface area (Å²) in [6.45, 7) is 2.12. The van der Waals surface area contributed by atoms with Crippen LogP contribution in [0.2, 0.25) is 5.28 Å². The number of aryl methyl sites for hydroxylation is 1. The summed E-state index contributed by atoms with van der Waals surface area (Å²) < 4.78 is 0. The quantitative estimate of drug-likeness (QED) is 0.543. The molecule has 0 aliphatic heterocycles. The van der Waals surface area contributed by atoms with Gasteiger partial charge in [-0.1, -0.05) is 6.92 Å². The van der Waals surface area contributed by atoms with E-state index < -0.39 is 0 Å². The summed E-state index contributed by atoms with van der Waals surface area (Å²) in [6, 6.07) is 2.12. The Morgan fingerprint density at radius 3 is 2.95 bits per heavy atom. The minimum atomic E-state index is 0.267. The van der Waals surface area contributed by atoms with Gasteiger partial charge in [-0.2, -0.15) is 0 Å². The average Bonchev–Trinajstić information content (AvgIpc) is 2.83. The normalized spacial score (nSPS) is 11.1. The highest BCUT2D eigenvalue weighted by atomic mass is 35.5. The molecule has 3 heterocycles. The number of hydrogen-bond acceptors (Lipinski definition) is 6. The summed E-state index contributed by atoms with van der Waals surface area (Å²) in [7, 11) is 0. The molecule has 0 unspecified atom stereocenters. The predicted octanol–water partition coefficient (Wildman–Crippen LogP) is 3.85. The topological polar surface area (TPSA) is 51.6 Å². The smallest absolute Gasteiger partial charge is 0.224 e. The molecule has 0 fully saturated rings. The van der Waals surface area contributed by atoms with Crippen LogP contribution in [0.3, 0.4) is 0 Å². The highest BCUT2D eigenvalue weighted by molar-refractivity contribution is 7.99. The first kappa shape index (κ1) is 12.8. The van der Waals surface area contributed by atoms with E-state index in [9.17, 15) is 0 Å². The van der Waals surface area contributed by atoms with Gasteiger partial charge in [-0.15, -0.1) is 11.3 Å². The molecule has 0 saturated heterocycles. The summed E-state index contributed by atoms with van der Waals surface area (Å²) in [6.07, 6.45) is 5.99. The van der Waals surface area contributed by atoms with E-state index in [1.165, 1.54) is 16.6 Å². The number of halogens is 1. The van der Waals surface area contributed by atoms with Crippen LogP contribution in [0.15, 0.2) is 34.7 Å². The molecular weight excluding hydrogens is 300 g/mol. The average molecular weight is 309 g/mol. The molecule has 0 atom stereocenters. The molecule has 7 heteroatoms. The Hall–Kier alpha value is -1.24. The molecule has 4 nitrogen and oxygen atoms in total. The highest BCUT2D eigenvalue weighted by Gasteiger charge is 2.12. The maximum Gasteiger partial charge on any atom is 0.224 e. The Balaban J connectivity index is 2.09. The van der Waals surface area contributed by atoms with Crippen molar-refractivity contribution < 1.29 is 0 Å². The first-order valence-electron chi connectivity index (χ1n) is 5.66.